The van der Waals surface area contributed by atoms with Crippen LogP contribution in [0.5, 0.6) is 0 Å². The van der Waals surface area contributed by atoms with Gasteiger partial charge in [-0.3, -0.25) is 4.79 Å². The second-order valence-electron chi connectivity index (χ2n) is 6.60. The fourth-order valence-corrected chi connectivity index (χ4v) is 2.93. The highest BCUT2D eigenvalue weighted by Gasteiger charge is 2.25. The lowest BCUT2D eigenvalue weighted by Crippen LogP contribution is -2.46. The van der Waals surface area contributed by atoms with Crippen molar-refractivity contribution in [1.82, 2.24) is 10.6 Å². The molecular weight excluding hydrogens is 272 g/mol. The number of urea groups is 1. The highest BCUT2D eigenvalue weighted by molar-refractivity contribution is 5.74. The topological polar surface area (TPSA) is 98.7 Å². The van der Waals surface area contributed by atoms with Crippen LogP contribution in [0.1, 0.15) is 52.4 Å². The van der Waals surface area contributed by atoms with E-state index in [0.717, 1.165) is 12.3 Å². The first-order chi connectivity index (χ1) is 9.78. The molecule has 6 nitrogen and oxygen atoms in total. The number of rotatable bonds is 7. The van der Waals surface area contributed by atoms with E-state index in [4.69, 9.17) is 5.11 Å². The first-order valence-electron chi connectivity index (χ1n) is 7.74. The van der Waals surface area contributed by atoms with Gasteiger partial charge in [-0.15, -0.1) is 0 Å². The summed E-state index contributed by atoms with van der Waals surface area (Å²) >= 11 is 0. The molecule has 1 rings (SSSR count). The lowest BCUT2D eigenvalue weighted by molar-refractivity contribution is -0.141. The third-order valence-corrected chi connectivity index (χ3v) is 4.04. The van der Waals surface area contributed by atoms with Crippen molar-refractivity contribution in [3.05, 3.63) is 0 Å². The fraction of sp³-hybridized carbons (Fsp3) is 0.867. The molecule has 0 bridgehead atoms. The van der Waals surface area contributed by atoms with Gasteiger partial charge in [-0.2, -0.15) is 0 Å². The van der Waals surface area contributed by atoms with Gasteiger partial charge in [-0.05, 0) is 31.6 Å². The van der Waals surface area contributed by atoms with E-state index in [1.54, 1.807) is 0 Å². The van der Waals surface area contributed by atoms with Crippen LogP contribution in [0.15, 0.2) is 0 Å². The van der Waals surface area contributed by atoms with E-state index < -0.39 is 18.0 Å². The van der Waals surface area contributed by atoms with Crippen molar-refractivity contribution >= 4 is 12.0 Å². The molecule has 2 amide bonds. The molecule has 4 N–H and O–H groups in total. The first-order valence-corrected chi connectivity index (χ1v) is 7.74. The van der Waals surface area contributed by atoms with E-state index in [1.165, 1.54) is 32.6 Å². The summed E-state index contributed by atoms with van der Waals surface area (Å²) in [5.41, 5.74) is -1.43. The predicted molar refractivity (Wildman–Crippen MR) is 80.0 cm³/mol. The van der Waals surface area contributed by atoms with Crippen molar-refractivity contribution < 1.29 is 19.8 Å². The maximum absolute atomic E-state index is 11.6. The number of aliphatic hydroxyl groups is 1. The molecule has 122 valence electrons. The smallest absolute Gasteiger partial charge is 0.314 e. The molecule has 0 spiro atoms. The van der Waals surface area contributed by atoms with Crippen molar-refractivity contribution in [3.63, 3.8) is 0 Å². The Labute approximate surface area is 126 Å². The van der Waals surface area contributed by atoms with Crippen molar-refractivity contribution in [1.29, 1.82) is 0 Å². The molecule has 6 heteroatoms. The molecule has 0 aliphatic heterocycles. The van der Waals surface area contributed by atoms with Gasteiger partial charge in [-0.1, -0.05) is 26.2 Å². The van der Waals surface area contributed by atoms with Crippen LogP contribution in [0.2, 0.25) is 0 Å². The number of hydrogen-bond donors (Lipinski definition) is 4. The Hall–Kier alpha value is -1.30. The number of carboxylic acids is 1. The van der Waals surface area contributed by atoms with E-state index >= 15 is 0 Å². The zero-order valence-electron chi connectivity index (χ0n) is 13.0. The Morgan fingerprint density at radius 1 is 1.29 bits per heavy atom. The monoisotopic (exact) mass is 300 g/mol. The van der Waals surface area contributed by atoms with Gasteiger partial charge in [0.1, 0.15) is 0 Å². The van der Waals surface area contributed by atoms with Gasteiger partial charge in [-0.25, -0.2) is 4.79 Å². The summed E-state index contributed by atoms with van der Waals surface area (Å²) in [5.74, 6) is 0.376. The predicted octanol–water partition coefficient (Wildman–Crippen LogP) is 1.73. The molecule has 0 aromatic heterocycles. The van der Waals surface area contributed by atoms with Crippen molar-refractivity contribution in [2.45, 2.75) is 58.0 Å². The first kappa shape index (κ1) is 17.8. The fourth-order valence-electron chi connectivity index (χ4n) is 2.93. The van der Waals surface area contributed by atoms with Gasteiger partial charge in [0, 0.05) is 13.1 Å². The van der Waals surface area contributed by atoms with Gasteiger partial charge in [0.2, 0.25) is 0 Å². The third-order valence-electron chi connectivity index (χ3n) is 4.04. The molecule has 0 aromatic carbocycles. The van der Waals surface area contributed by atoms with Gasteiger partial charge in [0.05, 0.1) is 12.0 Å². The van der Waals surface area contributed by atoms with E-state index in [2.05, 4.69) is 17.6 Å². The number of aliphatic carboxylic acids is 1. The SMILES string of the molecule is CC1CCCC(CCNC(=O)NCC(C)(O)CC(=O)O)C1. The summed E-state index contributed by atoms with van der Waals surface area (Å²) in [6.45, 7) is 4.21. The Bertz CT molecular complexity index is 358. The maximum atomic E-state index is 11.6. The largest absolute Gasteiger partial charge is 0.481 e. The van der Waals surface area contributed by atoms with Crippen LogP contribution < -0.4 is 10.6 Å². The van der Waals surface area contributed by atoms with Crippen LogP contribution in [0, 0.1) is 11.8 Å². The van der Waals surface area contributed by atoms with Gasteiger partial charge >= 0.3 is 12.0 Å². The number of carbonyl (C=O) groups excluding carboxylic acids is 1. The van der Waals surface area contributed by atoms with Crippen molar-refractivity contribution in [3.8, 4) is 0 Å². The van der Waals surface area contributed by atoms with Crippen LogP contribution >= 0.6 is 0 Å². The van der Waals surface area contributed by atoms with E-state index in [0.29, 0.717) is 12.5 Å². The quantitative estimate of drug-likeness (QED) is 0.575. The molecule has 0 aromatic rings. The molecular formula is C15H28N2O4. The van der Waals surface area contributed by atoms with Crippen LogP contribution in [-0.4, -0.2) is 40.9 Å². The summed E-state index contributed by atoms with van der Waals surface area (Å²) in [6.07, 6.45) is 5.63. The van der Waals surface area contributed by atoms with Crippen molar-refractivity contribution in [2.75, 3.05) is 13.1 Å². The van der Waals surface area contributed by atoms with Gasteiger partial charge in [0.15, 0.2) is 0 Å². The summed E-state index contributed by atoms with van der Waals surface area (Å²) in [4.78, 5) is 22.1. The summed E-state index contributed by atoms with van der Waals surface area (Å²) in [5, 5.41) is 23.7. The molecule has 0 saturated heterocycles. The number of carbonyl (C=O) groups is 2. The Kier molecular flexibility index (Phi) is 6.95. The Morgan fingerprint density at radius 2 is 2.00 bits per heavy atom. The summed E-state index contributed by atoms with van der Waals surface area (Å²) in [6, 6.07) is -0.357. The average Bonchev–Trinajstić information content (AvgIpc) is 2.35. The second-order valence-corrected chi connectivity index (χ2v) is 6.60. The summed E-state index contributed by atoms with van der Waals surface area (Å²) < 4.78 is 0. The minimum absolute atomic E-state index is 0.0778. The number of hydrogen-bond acceptors (Lipinski definition) is 3. The molecule has 3 unspecified atom stereocenters. The normalized spacial score (nSPS) is 24.9. The third kappa shape index (κ3) is 7.90. The van der Waals surface area contributed by atoms with Gasteiger partial charge in [0.25, 0.3) is 0 Å². The molecule has 3 atom stereocenters. The zero-order chi connectivity index (χ0) is 15.9. The molecule has 1 fully saturated rings. The molecule has 0 radical (unpaired) electrons. The standard InChI is InChI=1S/C15H28N2O4/c1-11-4-3-5-12(8-11)6-7-16-14(20)17-10-15(2,21)9-13(18)19/h11-12,21H,3-10H2,1-2H3,(H,18,19)(H2,16,17,20). The second kappa shape index (κ2) is 8.22. The molecule has 1 saturated carbocycles. The Balaban J connectivity index is 2.15. The molecule has 1 aliphatic rings. The minimum Gasteiger partial charge on any atom is -0.481 e. The highest BCUT2D eigenvalue weighted by atomic mass is 16.4. The molecule has 21 heavy (non-hydrogen) atoms. The summed E-state index contributed by atoms with van der Waals surface area (Å²) in [7, 11) is 0. The van der Waals surface area contributed by atoms with Gasteiger partial charge < -0.3 is 20.8 Å². The van der Waals surface area contributed by atoms with Crippen molar-refractivity contribution in [2.24, 2.45) is 11.8 Å². The van der Waals surface area contributed by atoms with E-state index in [-0.39, 0.29) is 12.6 Å². The minimum atomic E-state index is -1.43. The van der Waals surface area contributed by atoms with Crippen LogP contribution in [-0.2, 0) is 4.79 Å². The van der Waals surface area contributed by atoms with Crippen LogP contribution in [0.25, 0.3) is 0 Å². The van der Waals surface area contributed by atoms with Crippen LogP contribution in [0.3, 0.4) is 0 Å². The number of amides is 2. The van der Waals surface area contributed by atoms with Crippen LogP contribution in [0.4, 0.5) is 4.79 Å². The maximum Gasteiger partial charge on any atom is 0.314 e. The van der Waals surface area contributed by atoms with E-state index in [9.17, 15) is 14.7 Å². The molecule has 1 aliphatic carbocycles. The van der Waals surface area contributed by atoms with E-state index in [1.807, 2.05) is 0 Å². The Morgan fingerprint density at radius 3 is 2.62 bits per heavy atom. The number of carboxylic acid groups (broad SMARTS) is 1. The lowest BCUT2D eigenvalue weighted by Gasteiger charge is -2.26. The lowest BCUT2D eigenvalue weighted by atomic mass is 9.81. The zero-order valence-corrected chi connectivity index (χ0v) is 13.0. The highest BCUT2D eigenvalue weighted by Crippen LogP contribution is 2.30. The molecule has 0 heterocycles. The average molecular weight is 300 g/mol. The number of nitrogens with one attached hydrogen (secondary N) is 2.